The molecule has 0 radical (unpaired) electrons. The summed E-state index contributed by atoms with van der Waals surface area (Å²) in [5.74, 6) is 0. The van der Waals surface area contributed by atoms with Crippen molar-refractivity contribution in [2.75, 3.05) is 13.7 Å². The zero-order chi connectivity index (χ0) is 23.0. The van der Waals surface area contributed by atoms with Gasteiger partial charge in [0.05, 0.1) is 18.8 Å². The third kappa shape index (κ3) is 5.04. The molecule has 3 aliphatic heterocycles. The molecule has 0 amide bonds. The van der Waals surface area contributed by atoms with E-state index in [0.717, 1.165) is 0 Å². The van der Waals surface area contributed by atoms with Gasteiger partial charge in [-0.2, -0.15) is 0 Å². The van der Waals surface area contributed by atoms with Crippen LogP contribution in [-0.2, 0) is 28.4 Å². The van der Waals surface area contributed by atoms with Gasteiger partial charge in [-0.15, -0.1) is 0 Å². The number of aliphatic hydroxyl groups is 7. The van der Waals surface area contributed by atoms with Crippen LogP contribution in [0.1, 0.15) is 13.8 Å². The number of aliphatic hydroxyl groups excluding tert-OH is 7. The highest BCUT2D eigenvalue weighted by atomic mass is 16.8. The van der Waals surface area contributed by atoms with E-state index in [2.05, 4.69) is 0 Å². The lowest BCUT2D eigenvalue weighted by Crippen LogP contribution is -2.64. The van der Waals surface area contributed by atoms with E-state index >= 15 is 0 Å². The fraction of sp³-hybridized carbons (Fsp3) is 1.00. The number of ether oxygens (including phenoxy) is 6. The molecule has 3 rings (SSSR count). The summed E-state index contributed by atoms with van der Waals surface area (Å²) in [4.78, 5) is 0. The molecule has 0 aliphatic carbocycles. The molecule has 13 nitrogen and oxygen atoms in total. The van der Waals surface area contributed by atoms with Crippen LogP contribution in [-0.4, -0.2) is 135 Å². The maximum Gasteiger partial charge on any atom is 0.187 e. The first-order valence-corrected chi connectivity index (χ1v) is 10.1. The summed E-state index contributed by atoms with van der Waals surface area (Å²) in [6, 6.07) is 0. The van der Waals surface area contributed by atoms with E-state index in [1.807, 2.05) is 0 Å². The maximum atomic E-state index is 10.6. The maximum absolute atomic E-state index is 10.6. The second-order valence-corrected chi connectivity index (χ2v) is 8.07. The Balaban J connectivity index is 1.65. The lowest BCUT2D eigenvalue weighted by molar-refractivity contribution is -0.374. The molecule has 3 fully saturated rings. The van der Waals surface area contributed by atoms with Crippen LogP contribution in [0.4, 0.5) is 0 Å². The van der Waals surface area contributed by atoms with Gasteiger partial charge in [-0.3, -0.25) is 0 Å². The highest BCUT2D eigenvalue weighted by Gasteiger charge is 2.51. The van der Waals surface area contributed by atoms with Crippen molar-refractivity contribution >= 4 is 0 Å². The van der Waals surface area contributed by atoms with E-state index in [1.165, 1.54) is 14.0 Å². The van der Waals surface area contributed by atoms with Crippen molar-refractivity contribution in [2.45, 2.75) is 99.9 Å². The minimum absolute atomic E-state index is 0.298. The van der Waals surface area contributed by atoms with Crippen molar-refractivity contribution in [1.82, 2.24) is 0 Å². The van der Waals surface area contributed by atoms with Crippen molar-refractivity contribution in [3.63, 3.8) is 0 Å². The Bertz CT molecular complexity index is 579. The molecular weight excluding hydrogens is 424 g/mol. The van der Waals surface area contributed by atoms with Gasteiger partial charge < -0.3 is 64.2 Å². The summed E-state index contributed by atoms with van der Waals surface area (Å²) in [6.07, 6.45) is -18.2. The standard InChI is InChI=1S/C18H32O13/c1-5-8(20)10(22)15(18(26-3)28-5)31-17-13(25)11(23)14(6(2)29-17)30-16-12(24)9(21)7(19)4-27-16/h5-25H,4H2,1-3H3. The lowest BCUT2D eigenvalue weighted by Gasteiger charge is -2.47. The summed E-state index contributed by atoms with van der Waals surface area (Å²) in [5.41, 5.74) is 0. The van der Waals surface area contributed by atoms with Crippen molar-refractivity contribution < 1.29 is 64.2 Å². The zero-order valence-corrected chi connectivity index (χ0v) is 17.4. The molecule has 13 heteroatoms. The molecule has 0 aromatic rings. The van der Waals surface area contributed by atoms with Crippen LogP contribution < -0.4 is 0 Å². The van der Waals surface area contributed by atoms with E-state index in [4.69, 9.17) is 28.4 Å². The summed E-state index contributed by atoms with van der Waals surface area (Å²) >= 11 is 0. The minimum Gasteiger partial charge on any atom is -0.388 e. The molecule has 3 heterocycles. The first-order chi connectivity index (χ1) is 14.6. The average molecular weight is 456 g/mol. The van der Waals surface area contributed by atoms with Crippen molar-refractivity contribution in [3.05, 3.63) is 0 Å². The molecule has 7 N–H and O–H groups in total. The number of rotatable bonds is 5. The molecular formula is C18H32O13. The molecule has 14 unspecified atom stereocenters. The van der Waals surface area contributed by atoms with E-state index in [-0.39, 0.29) is 6.61 Å². The van der Waals surface area contributed by atoms with Crippen molar-refractivity contribution in [3.8, 4) is 0 Å². The molecule has 31 heavy (non-hydrogen) atoms. The molecule has 0 saturated carbocycles. The van der Waals surface area contributed by atoms with Crippen LogP contribution >= 0.6 is 0 Å². The Morgan fingerprint density at radius 1 is 0.613 bits per heavy atom. The normalized spacial score (nSPS) is 54.0. The molecule has 14 atom stereocenters. The summed E-state index contributed by atoms with van der Waals surface area (Å²) in [7, 11) is 1.32. The Kier molecular flexibility index (Phi) is 8.24. The topological polar surface area (TPSA) is 197 Å². The van der Waals surface area contributed by atoms with E-state index in [0.29, 0.717) is 0 Å². The van der Waals surface area contributed by atoms with E-state index in [1.54, 1.807) is 6.92 Å². The summed E-state index contributed by atoms with van der Waals surface area (Å²) in [6.45, 7) is 2.76. The molecule has 0 aromatic heterocycles. The summed E-state index contributed by atoms with van der Waals surface area (Å²) in [5, 5.41) is 70.8. The fourth-order valence-corrected chi connectivity index (χ4v) is 3.85. The molecule has 3 saturated heterocycles. The largest absolute Gasteiger partial charge is 0.388 e. The Morgan fingerprint density at radius 3 is 1.81 bits per heavy atom. The van der Waals surface area contributed by atoms with Crippen LogP contribution in [0.15, 0.2) is 0 Å². The first kappa shape index (κ1) is 25.1. The third-order valence-electron chi connectivity index (χ3n) is 5.83. The van der Waals surface area contributed by atoms with E-state index in [9.17, 15) is 35.7 Å². The van der Waals surface area contributed by atoms with Gasteiger partial charge in [-0.25, -0.2) is 0 Å². The van der Waals surface area contributed by atoms with Gasteiger partial charge in [-0.05, 0) is 13.8 Å². The Labute approximate surface area is 178 Å². The first-order valence-electron chi connectivity index (χ1n) is 10.1. The van der Waals surface area contributed by atoms with Crippen molar-refractivity contribution in [2.24, 2.45) is 0 Å². The smallest absolute Gasteiger partial charge is 0.187 e. The number of methoxy groups -OCH3 is 1. The van der Waals surface area contributed by atoms with Crippen LogP contribution in [0.2, 0.25) is 0 Å². The van der Waals surface area contributed by atoms with Gasteiger partial charge in [0, 0.05) is 7.11 Å². The number of hydrogen-bond donors (Lipinski definition) is 7. The molecule has 3 aliphatic rings. The van der Waals surface area contributed by atoms with Gasteiger partial charge in [0.1, 0.15) is 54.9 Å². The second kappa shape index (κ2) is 10.2. The van der Waals surface area contributed by atoms with Gasteiger partial charge >= 0.3 is 0 Å². The second-order valence-electron chi connectivity index (χ2n) is 8.07. The zero-order valence-electron chi connectivity index (χ0n) is 17.4. The fourth-order valence-electron chi connectivity index (χ4n) is 3.85. The highest BCUT2D eigenvalue weighted by molar-refractivity contribution is 4.93. The summed E-state index contributed by atoms with van der Waals surface area (Å²) < 4.78 is 32.5. The molecule has 182 valence electrons. The van der Waals surface area contributed by atoms with Crippen LogP contribution in [0.5, 0.6) is 0 Å². The minimum atomic E-state index is -1.65. The monoisotopic (exact) mass is 456 g/mol. The molecule has 0 aromatic carbocycles. The van der Waals surface area contributed by atoms with Gasteiger partial charge in [0.15, 0.2) is 18.9 Å². The Hall–Kier alpha value is -0.520. The quantitative estimate of drug-likeness (QED) is 0.210. The Morgan fingerprint density at radius 2 is 1.16 bits per heavy atom. The van der Waals surface area contributed by atoms with Crippen LogP contribution in [0.3, 0.4) is 0 Å². The van der Waals surface area contributed by atoms with Gasteiger partial charge in [0.25, 0.3) is 0 Å². The lowest BCUT2D eigenvalue weighted by atomic mass is 9.97. The van der Waals surface area contributed by atoms with Gasteiger partial charge in [0.2, 0.25) is 0 Å². The van der Waals surface area contributed by atoms with E-state index < -0.39 is 86.0 Å². The van der Waals surface area contributed by atoms with Crippen LogP contribution in [0, 0.1) is 0 Å². The third-order valence-corrected chi connectivity index (χ3v) is 5.83. The molecule has 0 bridgehead atoms. The van der Waals surface area contributed by atoms with Crippen LogP contribution in [0.25, 0.3) is 0 Å². The van der Waals surface area contributed by atoms with Gasteiger partial charge in [-0.1, -0.05) is 0 Å². The predicted octanol–water partition coefficient (Wildman–Crippen LogP) is -4.22. The average Bonchev–Trinajstić information content (AvgIpc) is 2.74. The highest BCUT2D eigenvalue weighted by Crippen LogP contribution is 2.31. The molecule has 0 spiro atoms. The van der Waals surface area contributed by atoms with Crippen molar-refractivity contribution in [1.29, 1.82) is 0 Å². The predicted molar refractivity (Wildman–Crippen MR) is 97.2 cm³/mol. The SMILES string of the molecule is COC1OC(C)C(O)C(O)C1OC1OC(C)C(OC2OCC(O)C(O)C2O)C(O)C1O. The number of hydrogen-bond acceptors (Lipinski definition) is 13.